The van der Waals surface area contributed by atoms with Crippen molar-refractivity contribution in [2.24, 2.45) is 0 Å². The SMILES string of the molecule is O=C([C@@H]1COc2ccccc2O1)N1CCN(C(=O)[C@H]2Cc3ccccc3O2)CC1. The monoisotopic (exact) mass is 394 g/mol. The summed E-state index contributed by atoms with van der Waals surface area (Å²) in [7, 11) is 0. The largest absolute Gasteiger partial charge is 0.485 e. The first-order valence-electron chi connectivity index (χ1n) is 9.89. The van der Waals surface area contributed by atoms with Crippen LogP contribution in [0.25, 0.3) is 0 Å². The lowest BCUT2D eigenvalue weighted by Gasteiger charge is -2.37. The first-order valence-corrected chi connectivity index (χ1v) is 9.89. The van der Waals surface area contributed by atoms with Gasteiger partial charge in [0.05, 0.1) is 0 Å². The quantitative estimate of drug-likeness (QED) is 0.772. The summed E-state index contributed by atoms with van der Waals surface area (Å²) < 4.78 is 17.3. The third-order valence-electron chi connectivity index (χ3n) is 5.61. The van der Waals surface area contributed by atoms with Crippen molar-refractivity contribution in [2.45, 2.75) is 18.6 Å². The average Bonchev–Trinajstić information content (AvgIpc) is 3.22. The number of fused-ring (bicyclic) bond motifs is 2. The number of rotatable bonds is 2. The Bertz CT molecular complexity index is 913. The number of ether oxygens (including phenoxy) is 3. The van der Waals surface area contributed by atoms with Crippen LogP contribution in [0.5, 0.6) is 17.2 Å². The van der Waals surface area contributed by atoms with Crippen molar-refractivity contribution in [1.82, 2.24) is 9.80 Å². The standard InChI is InChI=1S/C22H22N2O5/c25-21(19-13-15-5-1-2-6-16(15)28-19)23-9-11-24(12-10-23)22(26)20-14-27-17-7-3-4-8-18(17)29-20/h1-8,19-20H,9-14H2/t19-,20+/m1/s1. The van der Waals surface area contributed by atoms with Gasteiger partial charge in [-0.2, -0.15) is 0 Å². The first kappa shape index (κ1) is 17.8. The van der Waals surface area contributed by atoms with Gasteiger partial charge in [0.25, 0.3) is 11.8 Å². The molecule has 1 fully saturated rings. The molecule has 3 aliphatic rings. The third-order valence-corrected chi connectivity index (χ3v) is 5.61. The van der Waals surface area contributed by atoms with E-state index < -0.39 is 12.2 Å². The molecule has 0 unspecified atom stereocenters. The lowest BCUT2D eigenvalue weighted by Crippen LogP contribution is -2.56. The van der Waals surface area contributed by atoms with E-state index in [0.717, 1.165) is 11.3 Å². The first-order chi connectivity index (χ1) is 14.2. The molecule has 0 aliphatic carbocycles. The predicted octanol–water partition coefficient (Wildman–Crippen LogP) is 1.50. The highest BCUT2D eigenvalue weighted by Gasteiger charge is 2.36. The van der Waals surface area contributed by atoms with Crippen molar-refractivity contribution in [3.05, 3.63) is 54.1 Å². The molecule has 150 valence electrons. The van der Waals surface area contributed by atoms with Gasteiger partial charge in [-0.25, -0.2) is 0 Å². The molecule has 29 heavy (non-hydrogen) atoms. The second-order valence-electron chi connectivity index (χ2n) is 7.43. The zero-order chi connectivity index (χ0) is 19.8. The van der Waals surface area contributed by atoms with Gasteiger partial charge in [0.2, 0.25) is 6.10 Å². The Morgan fingerprint density at radius 1 is 0.724 bits per heavy atom. The highest BCUT2D eigenvalue weighted by atomic mass is 16.6. The van der Waals surface area contributed by atoms with E-state index in [1.54, 1.807) is 15.9 Å². The number of carbonyl (C=O) groups excluding carboxylic acids is 2. The molecule has 3 aliphatic heterocycles. The van der Waals surface area contributed by atoms with E-state index in [9.17, 15) is 9.59 Å². The van der Waals surface area contributed by atoms with Gasteiger partial charge in [-0.3, -0.25) is 9.59 Å². The molecule has 2 aromatic carbocycles. The molecular weight excluding hydrogens is 372 g/mol. The fourth-order valence-electron chi connectivity index (χ4n) is 4.02. The average molecular weight is 394 g/mol. The molecule has 2 amide bonds. The van der Waals surface area contributed by atoms with Crippen LogP contribution in [0.15, 0.2) is 48.5 Å². The summed E-state index contributed by atoms with van der Waals surface area (Å²) in [5, 5.41) is 0. The summed E-state index contributed by atoms with van der Waals surface area (Å²) in [6.07, 6.45) is -0.526. The minimum atomic E-state index is -0.653. The summed E-state index contributed by atoms with van der Waals surface area (Å²) in [6.45, 7) is 2.14. The molecular formula is C22H22N2O5. The Balaban J connectivity index is 1.16. The van der Waals surface area contributed by atoms with Gasteiger partial charge in [0, 0.05) is 32.6 Å². The number of benzene rings is 2. The van der Waals surface area contributed by atoms with E-state index in [4.69, 9.17) is 14.2 Å². The Kier molecular flexibility index (Phi) is 4.50. The van der Waals surface area contributed by atoms with Gasteiger partial charge in [-0.15, -0.1) is 0 Å². The molecule has 7 heteroatoms. The maximum atomic E-state index is 12.8. The van der Waals surface area contributed by atoms with Crippen LogP contribution in [0, 0.1) is 0 Å². The van der Waals surface area contributed by atoms with Crippen LogP contribution in [0.4, 0.5) is 0 Å². The van der Waals surface area contributed by atoms with E-state index >= 15 is 0 Å². The normalized spacial score (nSPS) is 22.6. The fourth-order valence-corrected chi connectivity index (χ4v) is 4.02. The summed E-state index contributed by atoms with van der Waals surface area (Å²) in [4.78, 5) is 29.2. The molecule has 0 N–H and O–H groups in total. The second kappa shape index (κ2) is 7.31. The van der Waals surface area contributed by atoms with Crippen LogP contribution in [-0.4, -0.2) is 66.6 Å². The minimum Gasteiger partial charge on any atom is -0.485 e. The summed E-state index contributed by atoms with van der Waals surface area (Å²) >= 11 is 0. The molecule has 0 aromatic heterocycles. The van der Waals surface area contributed by atoms with Crippen LogP contribution >= 0.6 is 0 Å². The zero-order valence-electron chi connectivity index (χ0n) is 16.0. The number of piperazine rings is 1. The highest BCUT2D eigenvalue weighted by Crippen LogP contribution is 2.32. The lowest BCUT2D eigenvalue weighted by atomic mass is 10.1. The van der Waals surface area contributed by atoms with Crippen molar-refractivity contribution < 1.29 is 23.8 Å². The minimum absolute atomic E-state index is 0.0144. The van der Waals surface area contributed by atoms with Crippen molar-refractivity contribution in [3.63, 3.8) is 0 Å². The number of hydrogen-bond acceptors (Lipinski definition) is 5. The van der Waals surface area contributed by atoms with Crippen molar-refractivity contribution >= 4 is 11.8 Å². The molecule has 1 saturated heterocycles. The Morgan fingerprint density at radius 2 is 1.28 bits per heavy atom. The zero-order valence-corrected chi connectivity index (χ0v) is 16.0. The number of amides is 2. The van der Waals surface area contributed by atoms with Crippen LogP contribution in [-0.2, 0) is 16.0 Å². The molecule has 2 aromatic rings. The maximum Gasteiger partial charge on any atom is 0.267 e. The topological polar surface area (TPSA) is 68.3 Å². The maximum absolute atomic E-state index is 12.8. The van der Waals surface area contributed by atoms with E-state index in [2.05, 4.69) is 0 Å². The number of hydrogen-bond donors (Lipinski definition) is 0. The van der Waals surface area contributed by atoms with Crippen LogP contribution in [0.3, 0.4) is 0 Å². The third kappa shape index (κ3) is 3.37. The molecule has 7 nitrogen and oxygen atoms in total. The number of carbonyl (C=O) groups is 2. The van der Waals surface area contributed by atoms with Gasteiger partial charge in [0.1, 0.15) is 12.4 Å². The number of para-hydroxylation sites is 3. The predicted molar refractivity (Wildman–Crippen MR) is 104 cm³/mol. The van der Waals surface area contributed by atoms with Crippen molar-refractivity contribution in [3.8, 4) is 17.2 Å². The van der Waals surface area contributed by atoms with E-state index in [-0.39, 0.29) is 18.4 Å². The van der Waals surface area contributed by atoms with Crippen molar-refractivity contribution in [2.75, 3.05) is 32.8 Å². The molecule has 3 heterocycles. The van der Waals surface area contributed by atoms with Crippen LogP contribution < -0.4 is 14.2 Å². The lowest BCUT2D eigenvalue weighted by molar-refractivity contribution is -0.148. The molecule has 5 rings (SSSR count). The van der Waals surface area contributed by atoms with Crippen LogP contribution in [0.1, 0.15) is 5.56 Å². The summed E-state index contributed by atoms with van der Waals surface area (Å²) in [5.41, 5.74) is 1.06. The number of nitrogens with zero attached hydrogens (tertiary/aromatic N) is 2. The van der Waals surface area contributed by atoms with E-state index in [1.165, 1.54) is 0 Å². The Labute approximate surface area is 168 Å². The molecule has 0 saturated carbocycles. The van der Waals surface area contributed by atoms with E-state index in [0.29, 0.717) is 44.1 Å². The second-order valence-corrected chi connectivity index (χ2v) is 7.43. The molecule has 0 radical (unpaired) electrons. The van der Waals surface area contributed by atoms with Gasteiger partial charge in [-0.05, 0) is 23.8 Å². The van der Waals surface area contributed by atoms with Crippen LogP contribution in [0.2, 0.25) is 0 Å². The van der Waals surface area contributed by atoms with Crippen molar-refractivity contribution in [1.29, 1.82) is 0 Å². The summed E-state index contributed by atoms with van der Waals surface area (Å²) in [5.74, 6) is 1.92. The highest BCUT2D eigenvalue weighted by molar-refractivity contribution is 5.84. The Morgan fingerprint density at radius 3 is 1.97 bits per heavy atom. The Hall–Kier alpha value is -3.22. The molecule has 0 spiro atoms. The molecule has 0 bridgehead atoms. The smallest absolute Gasteiger partial charge is 0.267 e. The fraction of sp³-hybridized carbons (Fsp3) is 0.364. The van der Waals surface area contributed by atoms with E-state index in [1.807, 2.05) is 42.5 Å². The van der Waals surface area contributed by atoms with Gasteiger partial charge >= 0.3 is 0 Å². The van der Waals surface area contributed by atoms with Gasteiger partial charge in [-0.1, -0.05) is 30.3 Å². The summed E-state index contributed by atoms with van der Waals surface area (Å²) in [6, 6.07) is 15.1. The van der Waals surface area contributed by atoms with Gasteiger partial charge in [0.15, 0.2) is 17.6 Å². The van der Waals surface area contributed by atoms with Gasteiger partial charge < -0.3 is 24.0 Å². The molecule has 2 atom stereocenters.